The number of hydrogen-bond donors (Lipinski definition) is 2. The maximum Gasteiger partial charge on any atom is 0.227 e. The van der Waals surface area contributed by atoms with Crippen molar-refractivity contribution in [3.05, 3.63) is 36.4 Å². The molecule has 24 heavy (non-hydrogen) atoms. The van der Waals surface area contributed by atoms with Crippen molar-refractivity contribution in [2.75, 3.05) is 24.3 Å². The summed E-state index contributed by atoms with van der Waals surface area (Å²) in [6, 6.07) is 7.78. The molecule has 1 heterocycles. The quantitative estimate of drug-likeness (QED) is 0.630. The van der Waals surface area contributed by atoms with E-state index in [4.69, 9.17) is 5.11 Å². The number of benzene rings is 1. The SMILES string of the molecule is CSc1ccc(N2C[C@H](C(=O)N[C@@H]3C=C[C@H](CO)C3)CC2=O)cc1. The van der Waals surface area contributed by atoms with Gasteiger partial charge >= 0.3 is 0 Å². The molecule has 2 amide bonds. The fourth-order valence-corrected chi connectivity index (χ4v) is 3.62. The summed E-state index contributed by atoms with van der Waals surface area (Å²) < 4.78 is 0. The van der Waals surface area contributed by atoms with Crippen LogP contribution in [-0.4, -0.2) is 42.4 Å². The molecule has 128 valence electrons. The van der Waals surface area contributed by atoms with Gasteiger partial charge in [0.15, 0.2) is 0 Å². The highest BCUT2D eigenvalue weighted by Gasteiger charge is 2.36. The number of thioether (sulfide) groups is 1. The second-order valence-corrected chi connectivity index (χ2v) is 7.16. The van der Waals surface area contributed by atoms with Gasteiger partial charge in [-0.25, -0.2) is 0 Å². The Morgan fingerprint density at radius 2 is 2.08 bits per heavy atom. The monoisotopic (exact) mass is 346 g/mol. The summed E-state index contributed by atoms with van der Waals surface area (Å²) in [5, 5.41) is 12.1. The van der Waals surface area contributed by atoms with Gasteiger partial charge in [0, 0.05) is 42.1 Å². The van der Waals surface area contributed by atoms with E-state index in [1.807, 2.05) is 42.7 Å². The summed E-state index contributed by atoms with van der Waals surface area (Å²) in [6.45, 7) is 0.522. The first-order valence-corrected chi connectivity index (χ1v) is 9.37. The van der Waals surface area contributed by atoms with Crippen LogP contribution in [0.15, 0.2) is 41.3 Å². The Bertz CT molecular complexity index is 644. The number of nitrogens with one attached hydrogen (secondary N) is 1. The number of nitrogens with zero attached hydrogens (tertiary/aromatic N) is 1. The van der Waals surface area contributed by atoms with E-state index in [2.05, 4.69) is 5.32 Å². The molecule has 0 unspecified atom stereocenters. The van der Waals surface area contributed by atoms with Crippen molar-refractivity contribution in [3.8, 4) is 0 Å². The van der Waals surface area contributed by atoms with E-state index < -0.39 is 0 Å². The number of anilines is 1. The number of hydrogen-bond acceptors (Lipinski definition) is 4. The van der Waals surface area contributed by atoms with Crippen LogP contribution < -0.4 is 10.2 Å². The molecule has 2 N–H and O–H groups in total. The van der Waals surface area contributed by atoms with Crippen molar-refractivity contribution in [2.24, 2.45) is 11.8 Å². The molecule has 0 saturated carbocycles. The van der Waals surface area contributed by atoms with Gasteiger partial charge in [-0.05, 0) is 36.9 Å². The first kappa shape index (κ1) is 17.0. The Balaban J connectivity index is 1.59. The van der Waals surface area contributed by atoms with Gasteiger partial charge in [-0.1, -0.05) is 12.2 Å². The molecule has 0 radical (unpaired) electrons. The summed E-state index contributed by atoms with van der Waals surface area (Å²) in [6.07, 6.45) is 6.84. The standard InChI is InChI=1S/C18H22N2O3S/c1-24-16-6-4-15(5-7-16)20-10-13(9-17(20)22)18(23)19-14-3-2-12(8-14)11-21/h2-7,12-14,21H,8-11H2,1H3,(H,19,23)/t12-,13+,14+/m0/s1. The summed E-state index contributed by atoms with van der Waals surface area (Å²) in [5.74, 6) is -0.298. The Hall–Kier alpha value is -1.79. The normalized spacial score (nSPS) is 26.2. The Morgan fingerprint density at radius 3 is 2.71 bits per heavy atom. The van der Waals surface area contributed by atoms with Crippen LogP contribution in [0.4, 0.5) is 5.69 Å². The van der Waals surface area contributed by atoms with E-state index in [1.165, 1.54) is 0 Å². The van der Waals surface area contributed by atoms with Crippen molar-refractivity contribution in [3.63, 3.8) is 0 Å². The Labute approximate surface area is 146 Å². The van der Waals surface area contributed by atoms with E-state index in [0.29, 0.717) is 6.54 Å². The minimum absolute atomic E-state index is 0.0118. The first-order chi connectivity index (χ1) is 11.6. The number of carbonyl (C=O) groups is 2. The lowest BCUT2D eigenvalue weighted by molar-refractivity contribution is -0.126. The second-order valence-electron chi connectivity index (χ2n) is 6.28. The zero-order valence-corrected chi connectivity index (χ0v) is 14.5. The van der Waals surface area contributed by atoms with Crippen LogP contribution >= 0.6 is 11.8 Å². The minimum Gasteiger partial charge on any atom is -0.396 e. The zero-order chi connectivity index (χ0) is 17.1. The molecule has 0 spiro atoms. The molecule has 1 aliphatic carbocycles. The molecule has 1 aromatic rings. The minimum atomic E-state index is -0.320. The second kappa shape index (κ2) is 7.40. The fraction of sp³-hybridized carbons (Fsp3) is 0.444. The molecule has 3 rings (SSSR count). The van der Waals surface area contributed by atoms with Crippen molar-refractivity contribution in [1.29, 1.82) is 0 Å². The van der Waals surface area contributed by atoms with Crippen LogP contribution in [0.25, 0.3) is 0 Å². The molecular formula is C18H22N2O3S. The summed E-state index contributed by atoms with van der Waals surface area (Å²) in [5.41, 5.74) is 0.842. The predicted octanol–water partition coefficient (Wildman–Crippen LogP) is 1.81. The third-order valence-corrected chi connectivity index (χ3v) is 5.36. The van der Waals surface area contributed by atoms with E-state index in [0.717, 1.165) is 17.0 Å². The average Bonchev–Trinajstić information content (AvgIpc) is 3.21. The molecule has 1 fully saturated rings. The summed E-state index contributed by atoms with van der Waals surface area (Å²) in [7, 11) is 0. The molecule has 3 atom stereocenters. The first-order valence-electron chi connectivity index (χ1n) is 8.14. The van der Waals surface area contributed by atoms with Crippen LogP contribution in [0, 0.1) is 11.8 Å². The summed E-state index contributed by atoms with van der Waals surface area (Å²) in [4.78, 5) is 27.5. The highest BCUT2D eigenvalue weighted by Crippen LogP contribution is 2.27. The smallest absolute Gasteiger partial charge is 0.227 e. The molecule has 1 aromatic carbocycles. The lowest BCUT2D eigenvalue weighted by Gasteiger charge is -2.18. The van der Waals surface area contributed by atoms with Crippen LogP contribution in [0.3, 0.4) is 0 Å². The van der Waals surface area contributed by atoms with Crippen molar-refractivity contribution in [1.82, 2.24) is 5.32 Å². The van der Waals surface area contributed by atoms with Gasteiger partial charge in [-0.2, -0.15) is 0 Å². The van der Waals surface area contributed by atoms with Gasteiger partial charge in [-0.15, -0.1) is 11.8 Å². The summed E-state index contributed by atoms with van der Waals surface area (Å²) >= 11 is 1.65. The van der Waals surface area contributed by atoms with E-state index >= 15 is 0 Å². The molecule has 1 aliphatic heterocycles. The Kier molecular flexibility index (Phi) is 5.26. The van der Waals surface area contributed by atoms with Crippen LogP contribution in [0.1, 0.15) is 12.8 Å². The van der Waals surface area contributed by atoms with E-state index in [9.17, 15) is 9.59 Å². The van der Waals surface area contributed by atoms with Gasteiger partial charge in [0.2, 0.25) is 11.8 Å². The Morgan fingerprint density at radius 1 is 1.33 bits per heavy atom. The molecule has 2 aliphatic rings. The van der Waals surface area contributed by atoms with Crippen molar-refractivity contribution in [2.45, 2.75) is 23.8 Å². The molecule has 6 heteroatoms. The zero-order valence-electron chi connectivity index (χ0n) is 13.6. The van der Waals surface area contributed by atoms with Crippen LogP contribution in [0.5, 0.6) is 0 Å². The third-order valence-electron chi connectivity index (χ3n) is 4.61. The fourth-order valence-electron chi connectivity index (χ4n) is 3.21. The van der Waals surface area contributed by atoms with Crippen molar-refractivity contribution < 1.29 is 14.7 Å². The third kappa shape index (κ3) is 3.65. The number of rotatable bonds is 5. The van der Waals surface area contributed by atoms with Crippen LogP contribution in [0.2, 0.25) is 0 Å². The topological polar surface area (TPSA) is 69.6 Å². The van der Waals surface area contributed by atoms with Gasteiger partial charge in [0.1, 0.15) is 0 Å². The van der Waals surface area contributed by atoms with Gasteiger partial charge in [-0.3, -0.25) is 9.59 Å². The molecule has 0 bridgehead atoms. The molecule has 1 saturated heterocycles. The van der Waals surface area contributed by atoms with E-state index in [-0.39, 0.29) is 42.7 Å². The molecule has 5 nitrogen and oxygen atoms in total. The van der Waals surface area contributed by atoms with Gasteiger partial charge in [0.25, 0.3) is 0 Å². The number of amides is 2. The van der Waals surface area contributed by atoms with Gasteiger partial charge < -0.3 is 15.3 Å². The van der Waals surface area contributed by atoms with Crippen molar-refractivity contribution >= 4 is 29.3 Å². The highest BCUT2D eigenvalue weighted by molar-refractivity contribution is 7.98. The largest absolute Gasteiger partial charge is 0.396 e. The van der Waals surface area contributed by atoms with Crippen LogP contribution in [-0.2, 0) is 9.59 Å². The van der Waals surface area contributed by atoms with E-state index in [1.54, 1.807) is 16.7 Å². The molecule has 0 aromatic heterocycles. The number of carbonyl (C=O) groups excluding carboxylic acids is 2. The number of aliphatic hydroxyl groups is 1. The van der Waals surface area contributed by atoms with Gasteiger partial charge in [0.05, 0.1) is 5.92 Å². The average molecular weight is 346 g/mol. The lowest BCUT2D eigenvalue weighted by Crippen LogP contribution is -2.38. The maximum absolute atomic E-state index is 12.4. The highest BCUT2D eigenvalue weighted by atomic mass is 32.2. The lowest BCUT2D eigenvalue weighted by atomic mass is 10.1. The number of aliphatic hydroxyl groups excluding tert-OH is 1. The maximum atomic E-state index is 12.4. The predicted molar refractivity (Wildman–Crippen MR) is 94.9 cm³/mol. The molecular weight excluding hydrogens is 324 g/mol.